The van der Waals surface area contributed by atoms with E-state index in [1.54, 1.807) is 13.0 Å². The van der Waals surface area contributed by atoms with E-state index in [0.717, 1.165) is 17.0 Å². The van der Waals surface area contributed by atoms with Crippen molar-refractivity contribution in [2.24, 2.45) is 11.8 Å². The van der Waals surface area contributed by atoms with E-state index in [1.807, 2.05) is 0 Å². The summed E-state index contributed by atoms with van der Waals surface area (Å²) in [6.45, 7) is 1.73. The molecule has 7 nitrogen and oxygen atoms in total. The Morgan fingerprint density at radius 3 is 2.36 bits per heavy atom. The number of imide groups is 1. The van der Waals surface area contributed by atoms with Crippen LogP contribution in [0.25, 0.3) is 0 Å². The lowest BCUT2D eigenvalue weighted by atomic mass is 9.76. The molecule has 4 unspecified atom stereocenters. The Morgan fingerprint density at radius 2 is 1.74 bits per heavy atom. The number of phenols is 1. The minimum atomic E-state index is -4.68. The van der Waals surface area contributed by atoms with Crippen LogP contribution in [0.15, 0.2) is 66.7 Å². The first-order chi connectivity index (χ1) is 18.3. The topological polar surface area (TPSA) is 107 Å². The van der Waals surface area contributed by atoms with Crippen LogP contribution in [0.4, 0.5) is 18.9 Å². The van der Waals surface area contributed by atoms with E-state index in [0.29, 0.717) is 11.1 Å². The standard InChI is InChI=1S/C28H22ClF3N2O5/c1-14-5-8-18(12-20(14)29)34-24(36)21-22(25(34)37)27(26(38)39,13-15-6-9-19(35)10-7-15)33-23(21)16-3-2-4-17(11-16)28(30,31)32/h2-12,21-23,33,35H,13H2,1H3,(H,38,39). The summed E-state index contributed by atoms with van der Waals surface area (Å²) >= 11 is 6.24. The molecule has 0 saturated carbocycles. The number of hydrogen-bond donors (Lipinski definition) is 3. The number of carbonyl (C=O) groups excluding carboxylic acids is 2. The molecule has 4 atom stereocenters. The molecule has 0 bridgehead atoms. The summed E-state index contributed by atoms with van der Waals surface area (Å²) < 4.78 is 40.6. The van der Waals surface area contributed by atoms with Crippen molar-refractivity contribution in [2.75, 3.05) is 4.90 Å². The third-order valence-electron chi connectivity index (χ3n) is 7.44. The number of anilines is 1. The van der Waals surface area contributed by atoms with Crippen molar-refractivity contribution in [3.8, 4) is 5.75 Å². The zero-order valence-electron chi connectivity index (χ0n) is 20.4. The SMILES string of the molecule is Cc1ccc(N2C(=O)C3C(c4cccc(C(F)(F)F)c4)NC(Cc4ccc(O)cc4)(C(=O)O)C3C2=O)cc1Cl. The zero-order valence-corrected chi connectivity index (χ0v) is 21.1. The van der Waals surface area contributed by atoms with Crippen molar-refractivity contribution in [3.63, 3.8) is 0 Å². The van der Waals surface area contributed by atoms with Crippen LogP contribution in [-0.2, 0) is 27.0 Å². The highest BCUT2D eigenvalue weighted by Gasteiger charge is 2.68. The zero-order chi connectivity index (χ0) is 28.3. The van der Waals surface area contributed by atoms with Gasteiger partial charge in [0.1, 0.15) is 11.3 Å². The van der Waals surface area contributed by atoms with E-state index in [2.05, 4.69) is 5.32 Å². The summed E-state index contributed by atoms with van der Waals surface area (Å²) in [7, 11) is 0. The van der Waals surface area contributed by atoms with Crippen molar-refractivity contribution in [3.05, 3.63) is 94.0 Å². The normalized spacial score (nSPS) is 24.7. The molecule has 202 valence electrons. The minimum Gasteiger partial charge on any atom is -0.508 e. The molecule has 3 aromatic rings. The largest absolute Gasteiger partial charge is 0.508 e. The van der Waals surface area contributed by atoms with Gasteiger partial charge in [-0.1, -0.05) is 41.9 Å². The molecule has 2 aliphatic heterocycles. The van der Waals surface area contributed by atoms with Crippen molar-refractivity contribution >= 4 is 35.1 Å². The molecule has 2 aliphatic rings. The molecule has 2 amide bonds. The lowest BCUT2D eigenvalue weighted by Gasteiger charge is -2.31. The molecule has 3 N–H and O–H groups in total. The van der Waals surface area contributed by atoms with E-state index >= 15 is 0 Å². The average Bonchev–Trinajstić information content (AvgIpc) is 3.36. The maximum atomic E-state index is 13.9. The number of aliphatic carboxylic acids is 1. The third-order valence-corrected chi connectivity index (χ3v) is 7.85. The molecule has 11 heteroatoms. The van der Waals surface area contributed by atoms with E-state index in [1.165, 1.54) is 48.5 Å². The Hall–Kier alpha value is -3.89. The Kier molecular flexibility index (Phi) is 6.43. The summed E-state index contributed by atoms with van der Waals surface area (Å²) in [4.78, 5) is 41.6. The van der Waals surface area contributed by atoms with Gasteiger partial charge in [-0.3, -0.25) is 19.7 Å². The number of carbonyl (C=O) groups is 3. The third kappa shape index (κ3) is 4.43. The predicted molar refractivity (Wildman–Crippen MR) is 135 cm³/mol. The highest BCUT2D eigenvalue weighted by molar-refractivity contribution is 6.32. The molecule has 39 heavy (non-hydrogen) atoms. The van der Waals surface area contributed by atoms with E-state index in [4.69, 9.17) is 11.6 Å². The van der Waals surface area contributed by atoms with Crippen LogP contribution >= 0.6 is 11.6 Å². The molecule has 0 spiro atoms. The van der Waals surface area contributed by atoms with Gasteiger partial charge < -0.3 is 10.2 Å². The number of nitrogens with zero attached hydrogens (tertiary/aromatic N) is 1. The molecule has 2 saturated heterocycles. The monoisotopic (exact) mass is 558 g/mol. The highest BCUT2D eigenvalue weighted by atomic mass is 35.5. The Bertz CT molecular complexity index is 1490. The number of carboxylic acid groups (broad SMARTS) is 1. The molecule has 0 radical (unpaired) electrons. The van der Waals surface area contributed by atoms with Crippen LogP contribution in [0.5, 0.6) is 5.75 Å². The van der Waals surface area contributed by atoms with Gasteiger partial charge in [0.2, 0.25) is 11.8 Å². The van der Waals surface area contributed by atoms with E-state index in [9.17, 15) is 37.8 Å². The molecule has 0 aromatic heterocycles. The fraction of sp³-hybridized carbons (Fsp3) is 0.250. The molecule has 0 aliphatic carbocycles. The van der Waals surface area contributed by atoms with Gasteiger partial charge in [-0.05, 0) is 60.0 Å². The summed E-state index contributed by atoms with van der Waals surface area (Å²) in [5.41, 5.74) is -1.72. The molecular formula is C28H22ClF3N2O5. The summed E-state index contributed by atoms with van der Waals surface area (Å²) in [6, 6.07) is 13.3. The fourth-order valence-electron chi connectivity index (χ4n) is 5.54. The Balaban J connectivity index is 1.67. The second-order valence-electron chi connectivity index (χ2n) is 9.81. The molecule has 5 rings (SSSR count). The maximum absolute atomic E-state index is 13.9. The quantitative estimate of drug-likeness (QED) is 0.385. The van der Waals surface area contributed by atoms with Gasteiger partial charge in [0.05, 0.1) is 23.1 Å². The van der Waals surface area contributed by atoms with Gasteiger partial charge in [-0.2, -0.15) is 13.2 Å². The number of hydrogen-bond acceptors (Lipinski definition) is 5. The van der Waals surface area contributed by atoms with Crippen molar-refractivity contribution < 1.29 is 37.8 Å². The van der Waals surface area contributed by atoms with Crippen LogP contribution in [0.3, 0.4) is 0 Å². The number of benzene rings is 3. The summed E-state index contributed by atoms with van der Waals surface area (Å²) in [6.07, 6.45) is -4.95. The number of amides is 2. The molecule has 3 aromatic carbocycles. The van der Waals surface area contributed by atoms with Crippen molar-refractivity contribution in [1.29, 1.82) is 0 Å². The number of nitrogens with one attached hydrogen (secondary N) is 1. The first kappa shape index (κ1) is 26.7. The number of rotatable bonds is 5. The number of alkyl halides is 3. The van der Waals surface area contributed by atoms with Gasteiger partial charge in [0.15, 0.2) is 0 Å². The van der Waals surface area contributed by atoms with Gasteiger partial charge in [-0.15, -0.1) is 0 Å². The second-order valence-corrected chi connectivity index (χ2v) is 10.2. The molecule has 2 fully saturated rings. The maximum Gasteiger partial charge on any atom is 0.416 e. The van der Waals surface area contributed by atoms with Crippen molar-refractivity contribution in [2.45, 2.75) is 31.1 Å². The number of carboxylic acids is 1. The van der Waals surface area contributed by atoms with Crippen LogP contribution < -0.4 is 10.2 Å². The van der Waals surface area contributed by atoms with Crippen molar-refractivity contribution in [1.82, 2.24) is 5.32 Å². The summed E-state index contributed by atoms with van der Waals surface area (Å²) in [5, 5.41) is 23.4. The Morgan fingerprint density at radius 1 is 1.05 bits per heavy atom. The molecule has 2 heterocycles. The van der Waals surface area contributed by atoms with E-state index in [-0.39, 0.29) is 28.4 Å². The van der Waals surface area contributed by atoms with E-state index < -0.39 is 52.9 Å². The lowest BCUT2D eigenvalue weighted by Crippen LogP contribution is -2.57. The average molecular weight is 559 g/mol. The first-order valence-corrected chi connectivity index (χ1v) is 12.3. The van der Waals surface area contributed by atoms with Gasteiger partial charge in [0, 0.05) is 17.5 Å². The number of halogens is 4. The fourth-order valence-corrected chi connectivity index (χ4v) is 5.72. The first-order valence-electron chi connectivity index (χ1n) is 11.9. The number of phenolic OH excluding ortho intramolecular Hbond substituents is 1. The Labute approximate surface area is 225 Å². The summed E-state index contributed by atoms with van der Waals surface area (Å²) in [5.74, 6) is -5.80. The second kappa shape index (κ2) is 9.39. The smallest absolute Gasteiger partial charge is 0.416 e. The number of aromatic hydroxyl groups is 1. The predicted octanol–water partition coefficient (Wildman–Crippen LogP) is 4.89. The van der Waals surface area contributed by atoms with Crippen LogP contribution in [0, 0.1) is 18.8 Å². The van der Waals surface area contributed by atoms with Gasteiger partial charge in [-0.25, -0.2) is 4.90 Å². The minimum absolute atomic E-state index is 0.0265. The highest BCUT2D eigenvalue weighted by Crippen LogP contribution is 2.51. The molecular weight excluding hydrogens is 537 g/mol. The van der Waals surface area contributed by atoms with Crippen LogP contribution in [0.1, 0.15) is 28.3 Å². The van der Waals surface area contributed by atoms with Crippen LogP contribution in [0.2, 0.25) is 5.02 Å². The van der Waals surface area contributed by atoms with Gasteiger partial charge >= 0.3 is 12.1 Å². The number of fused-ring (bicyclic) bond motifs is 1. The lowest BCUT2D eigenvalue weighted by molar-refractivity contribution is -0.148. The number of aryl methyl sites for hydroxylation is 1. The van der Waals surface area contributed by atoms with Crippen LogP contribution in [-0.4, -0.2) is 33.5 Å². The van der Waals surface area contributed by atoms with Gasteiger partial charge in [0.25, 0.3) is 0 Å².